The number of hydrogen-bond donors (Lipinski definition) is 2. The Morgan fingerprint density at radius 1 is 1.31 bits per heavy atom. The van der Waals surface area contributed by atoms with Crippen molar-refractivity contribution in [3.05, 3.63) is 35.4 Å². The van der Waals surface area contributed by atoms with Gasteiger partial charge in [-0.3, -0.25) is 0 Å². The molecule has 2 nitrogen and oxygen atoms in total. The SMILES string of the molecule is CCCNC1(CN)CCc2ccccc2C1. The van der Waals surface area contributed by atoms with Crippen molar-refractivity contribution in [2.45, 2.75) is 38.1 Å². The summed E-state index contributed by atoms with van der Waals surface area (Å²) in [7, 11) is 0. The molecule has 1 aromatic carbocycles. The summed E-state index contributed by atoms with van der Waals surface area (Å²) >= 11 is 0. The normalized spacial score (nSPS) is 24.1. The summed E-state index contributed by atoms with van der Waals surface area (Å²) < 4.78 is 0. The van der Waals surface area contributed by atoms with Crippen LogP contribution in [0.5, 0.6) is 0 Å². The number of fused-ring (bicyclic) bond motifs is 1. The molecule has 0 aliphatic heterocycles. The maximum Gasteiger partial charge on any atom is 0.0347 e. The molecule has 0 spiro atoms. The molecular formula is C14H22N2. The molecule has 0 bridgehead atoms. The van der Waals surface area contributed by atoms with Gasteiger partial charge in [0.05, 0.1) is 0 Å². The van der Waals surface area contributed by atoms with Crippen LogP contribution in [-0.2, 0) is 12.8 Å². The van der Waals surface area contributed by atoms with Crippen LogP contribution in [0.3, 0.4) is 0 Å². The zero-order valence-electron chi connectivity index (χ0n) is 10.1. The van der Waals surface area contributed by atoms with Gasteiger partial charge in [0, 0.05) is 12.1 Å². The minimum Gasteiger partial charge on any atom is -0.329 e. The van der Waals surface area contributed by atoms with Crippen molar-refractivity contribution in [3.63, 3.8) is 0 Å². The fourth-order valence-electron chi connectivity index (χ4n) is 2.59. The van der Waals surface area contributed by atoms with E-state index in [0.29, 0.717) is 0 Å². The summed E-state index contributed by atoms with van der Waals surface area (Å²) in [6.45, 7) is 4.01. The van der Waals surface area contributed by atoms with Crippen LogP contribution in [0.25, 0.3) is 0 Å². The van der Waals surface area contributed by atoms with Crippen LogP contribution in [0.1, 0.15) is 30.9 Å². The molecule has 0 amide bonds. The van der Waals surface area contributed by atoms with Gasteiger partial charge in [-0.15, -0.1) is 0 Å². The minimum atomic E-state index is 0.143. The summed E-state index contributed by atoms with van der Waals surface area (Å²) in [4.78, 5) is 0. The highest BCUT2D eigenvalue weighted by molar-refractivity contribution is 5.32. The highest BCUT2D eigenvalue weighted by Gasteiger charge is 2.31. The van der Waals surface area contributed by atoms with Gasteiger partial charge in [0.15, 0.2) is 0 Å². The molecule has 88 valence electrons. The van der Waals surface area contributed by atoms with Crippen LogP contribution in [0.4, 0.5) is 0 Å². The molecule has 1 aliphatic rings. The third-order valence-electron chi connectivity index (χ3n) is 3.66. The summed E-state index contributed by atoms with van der Waals surface area (Å²) in [6.07, 6.45) is 4.58. The van der Waals surface area contributed by atoms with Gasteiger partial charge in [0.1, 0.15) is 0 Å². The van der Waals surface area contributed by atoms with Crippen LogP contribution in [0, 0.1) is 0 Å². The summed E-state index contributed by atoms with van der Waals surface area (Å²) in [5, 5.41) is 3.65. The smallest absolute Gasteiger partial charge is 0.0347 e. The van der Waals surface area contributed by atoms with Crippen molar-refractivity contribution in [3.8, 4) is 0 Å². The standard InChI is InChI=1S/C14H22N2/c1-2-9-16-14(11-15)8-7-12-5-3-4-6-13(12)10-14/h3-6,16H,2,7-11,15H2,1H3. The van der Waals surface area contributed by atoms with Crippen molar-refractivity contribution >= 4 is 0 Å². The quantitative estimate of drug-likeness (QED) is 0.809. The molecule has 0 saturated heterocycles. The molecule has 3 N–H and O–H groups in total. The third-order valence-corrected chi connectivity index (χ3v) is 3.66. The maximum atomic E-state index is 5.97. The first-order chi connectivity index (χ1) is 7.79. The van der Waals surface area contributed by atoms with E-state index < -0.39 is 0 Å². The first-order valence-electron chi connectivity index (χ1n) is 6.31. The molecule has 1 aromatic rings. The lowest BCUT2D eigenvalue weighted by Gasteiger charge is -2.38. The summed E-state index contributed by atoms with van der Waals surface area (Å²) in [5.74, 6) is 0. The molecule has 1 unspecified atom stereocenters. The van der Waals surface area contributed by atoms with Gasteiger partial charge in [0.2, 0.25) is 0 Å². The van der Waals surface area contributed by atoms with E-state index in [1.54, 1.807) is 0 Å². The van der Waals surface area contributed by atoms with Crippen LogP contribution >= 0.6 is 0 Å². The van der Waals surface area contributed by atoms with E-state index in [1.807, 2.05) is 0 Å². The van der Waals surface area contributed by atoms with Crippen LogP contribution in [0.15, 0.2) is 24.3 Å². The Labute approximate surface area is 98.2 Å². The van der Waals surface area contributed by atoms with Gasteiger partial charge in [-0.2, -0.15) is 0 Å². The molecule has 1 aliphatic carbocycles. The van der Waals surface area contributed by atoms with Crippen LogP contribution in [-0.4, -0.2) is 18.6 Å². The minimum absolute atomic E-state index is 0.143. The average Bonchev–Trinajstić information content (AvgIpc) is 2.36. The predicted octanol–water partition coefficient (Wildman–Crippen LogP) is 1.87. The van der Waals surface area contributed by atoms with E-state index in [-0.39, 0.29) is 5.54 Å². The van der Waals surface area contributed by atoms with Gasteiger partial charge in [-0.25, -0.2) is 0 Å². The monoisotopic (exact) mass is 218 g/mol. The first-order valence-corrected chi connectivity index (χ1v) is 6.31. The fraction of sp³-hybridized carbons (Fsp3) is 0.571. The predicted molar refractivity (Wildman–Crippen MR) is 68.5 cm³/mol. The second kappa shape index (κ2) is 4.98. The van der Waals surface area contributed by atoms with E-state index in [4.69, 9.17) is 5.73 Å². The fourth-order valence-corrected chi connectivity index (χ4v) is 2.59. The Kier molecular flexibility index (Phi) is 3.62. The number of nitrogens with one attached hydrogen (secondary N) is 1. The zero-order valence-corrected chi connectivity index (χ0v) is 10.1. The highest BCUT2D eigenvalue weighted by Crippen LogP contribution is 2.28. The van der Waals surface area contributed by atoms with E-state index in [2.05, 4.69) is 36.5 Å². The number of benzene rings is 1. The van der Waals surface area contributed by atoms with Crippen molar-refractivity contribution in [1.82, 2.24) is 5.32 Å². The maximum absolute atomic E-state index is 5.97. The van der Waals surface area contributed by atoms with E-state index in [1.165, 1.54) is 24.0 Å². The van der Waals surface area contributed by atoms with Gasteiger partial charge >= 0.3 is 0 Å². The molecule has 0 radical (unpaired) electrons. The Hall–Kier alpha value is -0.860. The third kappa shape index (κ3) is 2.28. The lowest BCUT2D eigenvalue weighted by atomic mass is 9.78. The summed E-state index contributed by atoms with van der Waals surface area (Å²) in [5.41, 5.74) is 9.10. The molecule has 2 heteroatoms. The topological polar surface area (TPSA) is 38.0 Å². The molecule has 0 aromatic heterocycles. The van der Waals surface area contributed by atoms with Crippen LogP contribution < -0.4 is 11.1 Å². The number of rotatable bonds is 4. The van der Waals surface area contributed by atoms with E-state index in [9.17, 15) is 0 Å². The lowest BCUT2D eigenvalue weighted by molar-refractivity contribution is 0.294. The Morgan fingerprint density at radius 2 is 2.06 bits per heavy atom. The van der Waals surface area contributed by atoms with Crippen molar-refractivity contribution in [1.29, 1.82) is 0 Å². The number of nitrogens with two attached hydrogens (primary N) is 1. The van der Waals surface area contributed by atoms with Gasteiger partial charge in [0.25, 0.3) is 0 Å². The van der Waals surface area contributed by atoms with Crippen LogP contribution in [0.2, 0.25) is 0 Å². The highest BCUT2D eigenvalue weighted by atomic mass is 15.0. The van der Waals surface area contributed by atoms with E-state index in [0.717, 1.165) is 25.9 Å². The molecule has 0 heterocycles. The Morgan fingerprint density at radius 3 is 2.75 bits per heavy atom. The molecule has 16 heavy (non-hydrogen) atoms. The number of hydrogen-bond acceptors (Lipinski definition) is 2. The molecule has 0 saturated carbocycles. The molecule has 1 atom stereocenters. The molecule has 2 rings (SSSR count). The second-order valence-corrected chi connectivity index (χ2v) is 4.86. The molecular weight excluding hydrogens is 196 g/mol. The van der Waals surface area contributed by atoms with Gasteiger partial charge in [-0.1, -0.05) is 31.2 Å². The summed E-state index contributed by atoms with van der Waals surface area (Å²) in [6, 6.07) is 8.75. The first kappa shape index (κ1) is 11.6. The van der Waals surface area contributed by atoms with Crippen molar-refractivity contribution in [2.24, 2.45) is 5.73 Å². The Bertz CT molecular complexity index is 348. The Balaban J connectivity index is 2.15. The largest absolute Gasteiger partial charge is 0.329 e. The average molecular weight is 218 g/mol. The second-order valence-electron chi connectivity index (χ2n) is 4.86. The molecule has 0 fully saturated rings. The lowest BCUT2D eigenvalue weighted by Crippen LogP contribution is -2.55. The van der Waals surface area contributed by atoms with Gasteiger partial charge < -0.3 is 11.1 Å². The van der Waals surface area contributed by atoms with E-state index >= 15 is 0 Å². The zero-order chi connectivity index (χ0) is 11.4. The van der Waals surface area contributed by atoms with Crippen molar-refractivity contribution < 1.29 is 0 Å². The van der Waals surface area contributed by atoms with Crippen molar-refractivity contribution in [2.75, 3.05) is 13.1 Å². The van der Waals surface area contributed by atoms with Gasteiger partial charge in [-0.05, 0) is 43.4 Å². The number of aryl methyl sites for hydroxylation is 1.